The van der Waals surface area contributed by atoms with Gasteiger partial charge in [0.25, 0.3) is 0 Å². The van der Waals surface area contributed by atoms with E-state index in [4.69, 9.17) is 0 Å². The summed E-state index contributed by atoms with van der Waals surface area (Å²) in [5.41, 5.74) is 16.5. The molecule has 0 radical (unpaired) electrons. The zero-order valence-electron chi connectivity index (χ0n) is 33.4. The molecule has 10 aromatic rings. The largest absolute Gasteiger partial charge is 0.310 e. The van der Waals surface area contributed by atoms with Gasteiger partial charge in [0.15, 0.2) is 0 Å². The third-order valence-corrected chi connectivity index (χ3v) is 13.3. The molecule has 0 bridgehead atoms. The minimum atomic E-state index is -0.0438. The van der Waals surface area contributed by atoms with Crippen LogP contribution in [0.5, 0.6) is 0 Å². The molecule has 2 aliphatic rings. The fourth-order valence-corrected chi connectivity index (χ4v) is 10.6. The summed E-state index contributed by atoms with van der Waals surface area (Å²) in [5, 5.41) is 4.98. The highest BCUT2D eigenvalue weighted by Crippen LogP contribution is 2.55. The molecule has 1 spiro atoms. The summed E-state index contributed by atoms with van der Waals surface area (Å²) in [7, 11) is 0. The quantitative estimate of drug-likeness (QED) is 0.160. The topological polar surface area (TPSA) is 11.4 Å². The molecule has 1 aromatic heterocycles. The number of aryl methyl sites for hydroxylation is 2. The fraction of sp³-hybridized carbons (Fsp3) is 0.0877. The lowest BCUT2D eigenvalue weighted by Crippen LogP contribution is -2.22. The highest BCUT2D eigenvalue weighted by Gasteiger charge is 2.45. The number of benzene rings is 9. The molecule has 12 rings (SSSR count). The van der Waals surface area contributed by atoms with Gasteiger partial charge in [0.1, 0.15) is 0 Å². The summed E-state index contributed by atoms with van der Waals surface area (Å²) in [4.78, 5) is 4.90. The average Bonchev–Trinajstić information content (AvgIpc) is 3.99. The van der Waals surface area contributed by atoms with Crippen molar-refractivity contribution in [2.75, 3.05) is 9.80 Å². The molecule has 9 aromatic carbocycles. The van der Waals surface area contributed by atoms with Crippen LogP contribution in [-0.2, 0) is 18.3 Å². The van der Waals surface area contributed by atoms with Crippen LogP contribution in [0.1, 0.15) is 35.1 Å². The van der Waals surface area contributed by atoms with Crippen LogP contribution >= 0.6 is 0 Å². The Morgan fingerprint density at radius 2 is 0.833 bits per heavy atom. The molecule has 0 unspecified atom stereocenters. The van der Waals surface area contributed by atoms with Crippen LogP contribution in [0.4, 0.5) is 34.1 Å². The van der Waals surface area contributed by atoms with Crippen LogP contribution in [0, 0.1) is 0 Å². The number of rotatable bonds is 7. The van der Waals surface area contributed by atoms with Crippen molar-refractivity contribution in [3.63, 3.8) is 0 Å². The monoisotopic (exact) mass is 769 g/mol. The SMILES string of the molecule is c1ccc(N(c2ccccc2)c2ccc3c(c2)[C@@]2(CC3)CCc3ccc(N(c4ccc5ccccc5c4)c4ccc5c(c4)c4ccccc4n5-c4ccccc4)cc32)cc1. The number of hydrogen-bond acceptors (Lipinski definition) is 2. The Bertz CT molecular complexity index is 3180. The summed E-state index contributed by atoms with van der Waals surface area (Å²) in [6, 6.07) is 78.4. The van der Waals surface area contributed by atoms with E-state index in [2.05, 4.69) is 227 Å². The van der Waals surface area contributed by atoms with E-state index in [-0.39, 0.29) is 5.41 Å². The zero-order valence-corrected chi connectivity index (χ0v) is 33.4. The van der Waals surface area contributed by atoms with Crippen molar-refractivity contribution in [1.82, 2.24) is 4.57 Å². The Kier molecular flexibility index (Phi) is 8.02. The lowest BCUT2D eigenvalue weighted by Gasteiger charge is -2.31. The van der Waals surface area contributed by atoms with Gasteiger partial charge in [0.05, 0.1) is 11.0 Å². The van der Waals surface area contributed by atoms with Gasteiger partial charge in [-0.2, -0.15) is 0 Å². The molecular formula is C57H43N3. The van der Waals surface area contributed by atoms with E-state index in [0.29, 0.717) is 0 Å². The van der Waals surface area contributed by atoms with Crippen molar-refractivity contribution < 1.29 is 0 Å². The summed E-state index contributed by atoms with van der Waals surface area (Å²) < 4.78 is 2.40. The summed E-state index contributed by atoms with van der Waals surface area (Å²) in [5.74, 6) is 0. The van der Waals surface area contributed by atoms with Crippen LogP contribution in [0.2, 0.25) is 0 Å². The normalized spacial score (nSPS) is 15.5. The van der Waals surface area contributed by atoms with Crippen molar-refractivity contribution in [3.8, 4) is 5.69 Å². The van der Waals surface area contributed by atoms with Crippen LogP contribution in [-0.4, -0.2) is 4.57 Å². The molecular weight excluding hydrogens is 727 g/mol. The Morgan fingerprint density at radius 3 is 1.50 bits per heavy atom. The Balaban J connectivity index is 1.03. The van der Waals surface area contributed by atoms with Gasteiger partial charge in [-0.1, -0.05) is 115 Å². The zero-order chi connectivity index (χ0) is 39.6. The van der Waals surface area contributed by atoms with E-state index >= 15 is 0 Å². The number of fused-ring (bicyclic) bond motifs is 8. The lowest BCUT2D eigenvalue weighted by molar-refractivity contribution is 0.507. The molecule has 3 nitrogen and oxygen atoms in total. The summed E-state index contributed by atoms with van der Waals surface area (Å²) >= 11 is 0. The number of nitrogens with zero attached hydrogens (tertiary/aromatic N) is 3. The van der Waals surface area contributed by atoms with E-state index in [1.807, 2.05) is 0 Å². The van der Waals surface area contributed by atoms with Gasteiger partial charge >= 0.3 is 0 Å². The first-order valence-corrected chi connectivity index (χ1v) is 21.3. The average molecular weight is 770 g/mol. The molecule has 0 saturated heterocycles. The summed E-state index contributed by atoms with van der Waals surface area (Å²) in [6.45, 7) is 0. The molecule has 0 fully saturated rings. The first kappa shape index (κ1) is 34.7. The molecule has 1 atom stereocenters. The number of hydrogen-bond donors (Lipinski definition) is 0. The van der Waals surface area contributed by atoms with Crippen LogP contribution < -0.4 is 9.80 Å². The van der Waals surface area contributed by atoms with Crippen molar-refractivity contribution in [2.45, 2.75) is 31.1 Å². The fourth-order valence-electron chi connectivity index (χ4n) is 10.6. The van der Waals surface area contributed by atoms with Crippen LogP contribution in [0.15, 0.2) is 212 Å². The Labute approximate surface area is 351 Å². The van der Waals surface area contributed by atoms with Gasteiger partial charge in [0.2, 0.25) is 0 Å². The predicted molar refractivity (Wildman–Crippen MR) is 252 cm³/mol. The molecule has 3 heteroatoms. The molecule has 1 heterocycles. The second-order valence-electron chi connectivity index (χ2n) is 16.5. The van der Waals surface area contributed by atoms with Gasteiger partial charge in [-0.15, -0.1) is 0 Å². The van der Waals surface area contributed by atoms with Gasteiger partial charge in [-0.05, 0) is 156 Å². The minimum absolute atomic E-state index is 0.0438. The van der Waals surface area contributed by atoms with E-state index in [1.165, 1.54) is 83.3 Å². The van der Waals surface area contributed by atoms with Crippen molar-refractivity contribution >= 4 is 66.7 Å². The third-order valence-electron chi connectivity index (χ3n) is 13.3. The lowest BCUT2D eigenvalue weighted by atomic mass is 9.76. The van der Waals surface area contributed by atoms with Crippen molar-refractivity contribution in [3.05, 3.63) is 235 Å². The number of anilines is 6. The van der Waals surface area contributed by atoms with Gasteiger partial charge in [-0.25, -0.2) is 0 Å². The Morgan fingerprint density at radius 1 is 0.350 bits per heavy atom. The molecule has 0 saturated carbocycles. The van der Waals surface area contributed by atoms with Crippen LogP contribution in [0.3, 0.4) is 0 Å². The Hall–Kier alpha value is -7.36. The molecule has 0 N–H and O–H groups in total. The molecule has 2 aliphatic carbocycles. The van der Waals surface area contributed by atoms with E-state index in [9.17, 15) is 0 Å². The van der Waals surface area contributed by atoms with E-state index in [0.717, 1.165) is 37.1 Å². The van der Waals surface area contributed by atoms with Crippen LogP contribution in [0.25, 0.3) is 38.3 Å². The molecule has 286 valence electrons. The first-order chi connectivity index (χ1) is 29.7. The van der Waals surface area contributed by atoms with Crippen molar-refractivity contribution in [1.29, 1.82) is 0 Å². The van der Waals surface area contributed by atoms with E-state index in [1.54, 1.807) is 0 Å². The standard InChI is InChI=1S/C57H43N3/c1-4-16-44(17-5-1)58(45-18-6-2-7-19-45)49-28-25-41-32-34-57(53(41)38-49)35-33-42-26-29-50(39-54(42)57)59(47-27-24-40-14-10-11-15-43(40)36-47)48-30-31-56-52(37-48)51-22-12-13-23-55(51)60(56)46-20-8-3-9-21-46/h1-31,36-39H,32-35H2/t57-/m1/s1. The molecule has 60 heavy (non-hydrogen) atoms. The number of para-hydroxylation sites is 4. The first-order valence-electron chi connectivity index (χ1n) is 21.3. The van der Waals surface area contributed by atoms with Gasteiger partial charge in [-0.3, -0.25) is 0 Å². The molecule has 0 amide bonds. The van der Waals surface area contributed by atoms with Crippen molar-refractivity contribution in [2.24, 2.45) is 0 Å². The summed E-state index contributed by atoms with van der Waals surface area (Å²) in [6.07, 6.45) is 4.42. The maximum atomic E-state index is 2.54. The molecule has 0 aliphatic heterocycles. The maximum Gasteiger partial charge on any atom is 0.0542 e. The maximum absolute atomic E-state index is 2.54. The van der Waals surface area contributed by atoms with Gasteiger partial charge < -0.3 is 14.4 Å². The predicted octanol–water partition coefficient (Wildman–Crippen LogP) is 15.1. The third kappa shape index (κ3) is 5.50. The smallest absolute Gasteiger partial charge is 0.0542 e. The second-order valence-corrected chi connectivity index (χ2v) is 16.5. The van der Waals surface area contributed by atoms with E-state index < -0.39 is 0 Å². The number of aromatic nitrogens is 1. The highest BCUT2D eigenvalue weighted by molar-refractivity contribution is 6.10. The highest BCUT2D eigenvalue weighted by atomic mass is 15.1. The second kappa shape index (κ2) is 13.9. The minimum Gasteiger partial charge on any atom is -0.310 e. The van der Waals surface area contributed by atoms with Gasteiger partial charge in [0, 0.05) is 56.0 Å².